The lowest BCUT2D eigenvalue weighted by Gasteiger charge is -2.13. The summed E-state index contributed by atoms with van der Waals surface area (Å²) in [5.41, 5.74) is -3.87. The highest BCUT2D eigenvalue weighted by molar-refractivity contribution is 7.90. The van der Waals surface area contributed by atoms with E-state index in [1.807, 2.05) is 5.32 Å². The number of nitrogens with one attached hydrogen (secondary N) is 2. The molecule has 0 fully saturated rings. The summed E-state index contributed by atoms with van der Waals surface area (Å²) < 4.78 is 122. The zero-order chi connectivity index (χ0) is 43.0. The van der Waals surface area contributed by atoms with Crippen molar-refractivity contribution in [3.8, 4) is 23.3 Å². The number of urea groups is 1. The smallest absolute Gasteiger partial charge is 0.433 e. The number of carboxylic acid groups (broad SMARTS) is 2. The largest absolute Gasteiger partial charge is 0.481 e. The van der Waals surface area contributed by atoms with Gasteiger partial charge in [0.05, 0.1) is 47.0 Å². The first kappa shape index (κ1) is 45.3. The van der Waals surface area contributed by atoms with Gasteiger partial charge in [0.15, 0.2) is 11.1 Å². The van der Waals surface area contributed by atoms with Gasteiger partial charge in [0.2, 0.25) is 17.7 Å². The lowest BCUT2D eigenvalue weighted by atomic mass is 10.2. The van der Waals surface area contributed by atoms with Gasteiger partial charge in [-0.05, 0) is 55.5 Å². The fraction of sp³-hybridized carbons (Fsp3) is 0.194. The number of carbonyl (C=O) groups is 4. The van der Waals surface area contributed by atoms with E-state index in [0.717, 1.165) is 25.1 Å². The summed E-state index contributed by atoms with van der Waals surface area (Å²) in [6.45, 7) is 1.16. The molecule has 0 spiro atoms. The van der Waals surface area contributed by atoms with Crippen LogP contribution in [0, 0.1) is 0 Å². The molecule has 4 rings (SSSR count). The van der Waals surface area contributed by atoms with Gasteiger partial charge in [-0.1, -0.05) is 23.2 Å². The number of amides is 2. The minimum absolute atomic E-state index is 0.0246. The van der Waals surface area contributed by atoms with Crippen molar-refractivity contribution >= 4 is 63.1 Å². The maximum absolute atomic E-state index is 12.8. The Bertz CT molecular complexity index is 2280. The molecule has 2 amide bonds. The third-order valence-electron chi connectivity index (χ3n) is 6.46. The van der Waals surface area contributed by atoms with E-state index < -0.39 is 80.2 Å². The Morgan fingerprint density at radius 1 is 0.789 bits per heavy atom. The molecular formula is C31H23Cl2F6N5O12S. The number of sulfonamides is 1. The number of aromatic carboxylic acids is 1. The van der Waals surface area contributed by atoms with Crippen molar-refractivity contribution < 1.29 is 83.1 Å². The molecular weight excluding hydrogens is 851 g/mol. The molecule has 0 unspecified atom stereocenters. The van der Waals surface area contributed by atoms with Crippen LogP contribution in [-0.4, -0.2) is 77.8 Å². The van der Waals surface area contributed by atoms with Gasteiger partial charge in [-0.2, -0.15) is 44.7 Å². The number of anilines is 1. The number of aliphatic carboxylic acids is 1. The summed E-state index contributed by atoms with van der Waals surface area (Å²) in [6.07, 6.45) is -11.0. The quantitative estimate of drug-likeness (QED) is 0.0922. The van der Waals surface area contributed by atoms with Crippen LogP contribution in [0.1, 0.15) is 38.9 Å². The molecule has 0 bridgehead atoms. The molecule has 306 valence electrons. The fourth-order valence-electron chi connectivity index (χ4n) is 3.82. The molecule has 0 saturated carbocycles. The van der Waals surface area contributed by atoms with E-state index >= 15 is 0 Å². The molecule has 4 aromatic rings. The molecule has 0 radical (unpaired) electrons. The van der Waals surface area contributed by atoms with Gasteiger partial charge in [0, 0.05) is 0 Å². The van der Waals surface area contributed by atoms with Gasteiger partial charge in [0.1, 0.15) is 17.2 Å². The average molecular weight is 875 g/mol. The number of halogens is 8. The van der Waals surface area contributed by atoms with Crippen LogP contribution in [0.25, 0.3) is 0 Å². The molecule has 2 aromatic heterocycles. The summed E-state index contributed by atoms with van der Waals surface area (Å²) in [5.74, 6) is -4.86. The molecule has 57 heavy (non-hydrogen) atoms. The predicted molar refractivity (Wildman–Crippen MR) is 181 cm³/mol. The average Bonchev–Trinajstić information content (AvgIpc) is 3.11. The monoisotopic (exact) mass is 873 g/mol. The highest BCUT2D eigenvalue weighted by atomic mass is 35.5. The molecule has 17 nitrogen and oxygen atoms in total. The molecule has 26 heteroatoms. The first-order chi connectivity index (χ1) is 26.4. The molecule has 0 aliphatic heterocycles. The van der Waals surface area contributed by atoms with Gasteiger partial charge < -0.3 is 29.2 Å². The van der Waals surface area contributed by atoms with Gasteiger partial charge >= 0.3 is 36.3 Å². The Balaban J connectivity index is 0.000000307. The summed E-state index contributed by atoms with van der Waals surface area (Å²) in [6, 6.07) is 6.76. The molecule has 2 aromatic carbocycles. The van der Waals surface area contributed by atoms with Crippen LogP contribution in [-0.2, 0) is 31.9 Å². The minimum Gasteiger partial charge on any atom is -0.481 e. The van der Waals surface area contributed by atoms with Crippen molar-refractivity contribution in [3.63, 3.8) is 0 Å². The topological polar surface area (TPSA) is 243 Å². The van der Waals surface area contributed by atoms with E-state index in [9.17, 15) is 53.9 Å². The Kier molecular flexibility index (Phi) is 14.5. The number of aromatic nitrogens is 3. The molecule has 1 atom stereocenters. The van der Waals surface area contributed by atoms with Crippen LogP contribution < -0.4 is 24.2 Å². The molecule has 4 N–H and O–H groups in total. The van der Waals surface area contributed by atoms with Gasteiger partial charge in [-0.3, -0.25) is 5.32 Å². The number of methoxy groups -OCH3 is 2. The highest BCUT2D eigenvalue weighted by Crippen LogP contribution is 2.37. The summed E-state index contributed by atoms with van der Waals surface area (Å²) >= 11 is 11.7. The zero-order valence-electron chi connectivity index (χ0n) is 28.5. The van der Waals surface area contributed by atoms with Crippen molar-refractivity contribution in [1.82, 2.24) is 19.7 Å². The number of carbonyl (C=O) groups excluding carboxylic acids is 2. The third kappa shape index (κ3) is 12.4. The van der Waals surface area contributed by atoms with Crippen LogP contribution in [0.2, 0.25) is 10.0 Å². The van der Waals surface area contributed by atoms with Crippen molar-refractivity contribution in [2.45, 2.75) is 30.4 Å². The molecule has 2 heterocycles. The van der Waals surface area contributed by atoms with E-state index in [-0.39, 0.29) is 38.9 Å². The van der Waals surface area contributed by atoms with Gasteiger partial charge in [-0.25, -0.2) is 28.9 Å². The van der Waals surface area contributed by atoms with Gasteiger partial charge in [0.25, 0.3) is 10.0 Å². The Labute approximate surface area is 325 Å². The molecule has 0 aliphatic rings. The number of nitrogens with zero attached hydrogens (tertiary/aromatic N) is 3. The SMILES string of the molecule is COc1cc(OC)nc(NC(=O)NS(=O)(=O)c2nc(C(F)(F)F)ccc2C(=O)O)n1.C[C@H](OC(=O)c1cc(Oc2ccc(C(F)(F)F)cc2Cl)ccc1Cl)C(=O)O. The van der Waals surface area contributed by atoms with Crippen LogP contribution in [0.3, 0.4) is 0 Å². The summed E-state index contributed by atoms with van der Waals surface area (Å²) in [5, 5.41) is 17.9. The number of pyridine rings is 1. The summed E-state index contributed by atoms with van der Waals surface area (Å²) in [4.78, 5) is 56.2. The second kappa shape index (κ2) is 18.2. The van der Waals surface area contributed by atoms with Crippen LogP contribution in [0.5, 0.6) is 23.3 Å². The predicted octanol–water partition coefficient (Wildman–Crippen LogP) is 6.55. The van der Waals surface area contributed by atoms with E-state index in [1.54, 1.807) is 0 Å². The fourth-order valence-corrected chi connectivity index (χ4v) is 5.29. The minimum atomic E-state index is -5.14. The number of hydrogen-bond donors (Lipinski definition) is 4. The first-order valence-electron chi connectivity index (χ1n) is 14.8. The van der Waals surface area contributed by atoms with E-state index in [4.69, 9.17) is 52.4 Å². The van der Waals surface area contributed by atoms with Crippen molar-refractivity contribution in [2.75, 3.05) is 19.5 Å². The summed E-state index contributed by atoms with van der Waals surface area (Å²) in [7, 11) is -2.66. The van der Waals surface area contributed by atoms with Crippen molar-refractivity contribution in [2.24, 2.45) is 0 Å². The second-order valence-corrected chi connectivity index (χ2v) is 12.9. The maximum Gasteiger partial charge on any atom is 0.433 e. The lowest BCUT2D eigenvalue weighted by molar-refractivity contribution is -0.146. The number of alkyl halides is 6. The van der Waals surface area contributed by atoms with E-state index in [1.165, 1.54) is 37.1 Å². The Hall–Kier alpha value is -6.14. The number of ether oxygens (including phenoxy) is 4. The van der Waals surface area contributed by atoms with Crippen molar-refractivity contribution in [3.05, 3.63) is 87.0 Å². The normalized spacial score (nSPS) is 11.9. The highest BCUT2D eigenvalue weighted by Gasteiger charge is 2.36. The molecule has 0 aliphatic carbocycles. The van der Waals surface area contributed by atoms with Crippen molar-refractivity contribution in [1.29, 1.82) is 0 Å². The molecule has 0 saturated heterocycles. The number of hydrogen-bond acceptors (Lipinski definition) is 13. The van der Waals surface area contributed by atoms with Crippen LogP contribution >= 0.6 is 23.2 Å². The van der Waals surface area contributed by atoms with Crippen LogP contribution in [0.4, 0.5) is 37.1 Å². The lowest BCUT2D eigenvalue weighted by Crippen LogP contribution is -2.36. The van der Waals surface area contributed by atoms with E-state index in [2.05, 4.69) is 15.0 Å². The van der Waals surface area contributed by atoms with E-state index in [0.29, 0.717) is 18.2 Å². The van der Waals surface area contributed by atoms with Gasteiger partial charge in [-0.15, -0.1) is 0 Å². The maximum atomic E-state index is 12.8. The third-order valence-corrected chi connectivity index (χ3v) is 8.36. The second-order valence-electron chi connectivity index (χ2n) is 10.5. The number of rotatable bonds is 11. The number of benzene rings is 2. The standard InChI is InChI=1S/C17H11Cl2F3O5.C14H12F3N5O7S/c1-8(15(23)24)26-16(25)11-7-10(3-4-12(11)18)27-14-5-2-9(6-13(14)19)17(20,21)22;1-28-8-5-9(29-2)20-12(19-8)21-13(25)22-30(26,27)10-6(11(23)24)3-4-7(18-10)14(15,16)17/h2-8H,1H3,(H,23,24);3-5H,1-2H3,(H,23,24)(H2,19,20,21,22,25)/t8-;/m0./s1. The Morgan fingerprint density at radius 3 is 1.91 bits per heavy atom. The number of esters is 1. The first-order valence-corrected chi connectivity index (χ1v) is 17.0. The number of carboxylic acids is 2. The zero-order valence-corrected chi connectivity index (χ0v) is 30.9. The Morgan fingerprint density at radius 2 is 1.40 bits per heavy atom. The van der Waals surface area contributed by atoms with Crippen LogP contribution in [0.15, 0.2) is 59.6 Å².